The molecule has 6 heteroatoms. The Bertz CT molecular complexity index is 324. The zero-order valence-electron chi connectivity index (χ0n) is 12.3. The maximum Gasteiger partial charge on any atom is 0.236 e. The maximum absolute atomic E-state index is 12.4. The van der Waals surface area contributed by atoms with Crippen LogP contribution in [0.25, 0.3) is 0 Å². The van der Waals surface area contributed by atoms with Gasteiger partial charge < -0.3 is 15.1 Å². The van der Waals surface area contributed by atoms with Crippen molar-refractivity contribution >= 4 is 24.2 Å². The highest BCUT2D eigenvalue weighted by Gasteiger charge is 2.29. The second kappa shape index (κ2) is 8.47. The number of halogens is 1. The van der Waals surface area contributed by atoms with Crippen LogP contribution in [0.3, 0.4) is 0 Å². The summed E-state index contributed by atoms with van der Waals surface area (Å²) in [6.07, 6.45) is 5.76. The fraction of sp³-hybridized carbons (Fsp3) is 0.857. The number of carbonyl (C=O) groups is 2. The van der Waals surface area contributed by atoms with Crippen LogP contribution in [-0.2, 0) is 9.59 Å². The van der Waals surface area contributed by atoms with E-state index in [1.165, 1.54) is 19.3 Å². The van der Waals surface area contributed by atoms with Gasteiger partial charge in [0.15, 0.2) is 0 Å². The molecule has 1 aliphatic heterocycles. The largest absolute Gasteiger partial charge is 0.339 e. The predicted octanol–water partition coefficient (Wildman–Crippen LogP) is 0.879. The Morgan fingerprint density at radius 2 is 1.55 bits per heavy atom. The molecule has 20 heavy (non-hydrogen) atoms. The Morgan fingerprint density at radius 1 is 1.00 bits per heavy atom. The summed E-state index contributed by atoms with van der Waals surface area (Å²) in [5.41, 5.74) is 0. The van der Waals surface area contributed by atoms with Gasteiger partial charge in [0, 0.05) is 32.1 Å². The molecular weight excluding hydrogens is 278 g/mol. The highest BCUT2D eigenvalue weighted by molar-refractivity contribution is 5.85. The summed E-state index contributed by atoms with van der Waals surface area (Å²) in [5.74, 6) is 0.695. The summed E-state index contributed by atoms with van der Waals surface area (Å²) in [6, 6.07) is 0. The predicted molar refractivity (Wildman–Crippen MR) is 80.9 cm³/mol. The average molecular weight is 304 g/mol. The van der Waals surface area contributed by atoms with Crippen LogP contribution in [0.15, 0.2) is 0 Å². The van der Waals surface area contributed by atoms with Gasteiger partial charge in [-0.25, -0.2) is 0 Å². The first kappa shape index (κ1) is 17.2. The summed E-state index contributed by atoms with van der Waals surface area (Å²) in [6.45, 7) is 3.14. The molecule has 0 bridgehead atoms. The molecule has 0 unspecified atom stereocenters. The van der Waals surface area contributed by atoms with E-state index < -0.39 is 0 Å². The molecule has 0 spiro atoms. The first-order chi connectivity index (χ1) is 9.22. The molecule has 1 heterocycles. The summed E-state index contributed by atoms with van der Waals surface area (Å²) in [7, 11) is 1.78. The first-order valence-corrected chi connectivity index (χ1v) is 7.43. The van der Waals surface area contributed by atoms with Crippen molar-refractivity contribution in [3.8, 4) is 0 Å². The van der Waals surface area contributed by atoms with E-state index in [1.807, 2.05) is 9.80 Å². The van der Waals surface area contributed by atoms with Crippen LogP contribution in [0.1, 0.15) is 32.1 Å². The molecule has 0 aromatic rings. The monoisotopic (exact) mass is 303 g/mol. The minimum atomic E-state index is 0. The lowest BCUT2D eigenvalue weighted by molar-refractivity contribution is -0.142. The second-order valence-electron chi connectivity index (χ2n) is 5.57. The van der Waals surface area contributed by atoms with Gasteiger partial charge in [0.1, 0.15) is 0 Å². The molecule has 2 fully saturated rings. The number of amides is 2. The Morgan fingerprint density at radius 3 is 2.10 bits per heavy atom. The summed E-state index contributed by atoms with van der Waals surface area (Å²) in [4.78, 5) is 27.9. The smallest absolute Gasteiger partial charge is 0.236 e. The maximum atomic E-state index is 12.4. The van der Waals surface area contributed by atoms with Gasteiger partial charge in [-0.05, 0) is 19.9 Å². The van der Waals surface area contributed by atoms with E-state index >= 15 is 0 Å². The lowest BCUT2D eigenvalue weighted by Crippen LogP contribution is -2.53. The number of carbonyl (C=O) groups excluding carboxylic acids is 2. The molecular formula is C14H26ClN3O2. The van der Waals surface area contributed by atoms with Crippen molar-refractivity contribution < 1.29 is 9.59 Å². The zero-order chi connectivity index (χ0) is 13.7. The number of hydrogen-bond donors (Lipinski definition) is 1. The molecule has 1 N–H and O–H groups in total. The van der Waals surface area contributed by atoms with Crippen LogP contribution >= 0.6 is 12.4 Å². The molecule has 2 aliphatic rings. The van der Waals surface area contributed by atoms with Gasteiger partial charge in [-0.15, -0.1) is 12.4 Å². The van der Waals surface area contributed by atoms with Crippen molar-refractivity contribution in [3.63, 3.8) is 0 Å². The van der Waals surface area contributed by atoms with E-state index in [9.17, 15) is 9.59 Å². The Balaban J connectivity index is 0.00000200. The summed E-state index contributed by atoms with van der Waals surface area (Å²) >= 11 is 0. The van der Waals surface area contributed by atoms with Gasteiger partial charge in [-0.1, -0.05) is 19.3 Å². The molecule has 0 atom stereocenters. The molecule has 2 amide bonds. The number of likely N-dealkylation sites (N-methyl/N-ethyl adjacent to an activating group) is 1. The summed E-state index contributed by atoms with van der Waals surface area (Å²) in [5, 5.41) is 2.88. The second-order valence-corrected chi connectivity index (χ2v) is 5.57. The molecule has 1 aliphatic carbocycles. The SMILES string of the molecule is CNCC(=O)N1CCN(C(=O)C2CCCCC2)CC1.Cl. The fourth-order valence-corrected chi connectivity index (χ4v) is 3.05. The van der Waals surface area contributed by atoms with Gasteiger partial charge in [0.05, 0.1) is 6.54 Å². The third-order valence-corrected chi connectivity index (χ3v) is 4.23. The van der Waals surface area contributed by atoms with Gasteiger partial charge >= 0.3 is 0 Å². The average Bonchev–Trinajstić information content (AvgIpc) is 2.48. The van der Waals surface area contributed by atoms with Crippen LogP contribution < -0.4 is 5.32 Å². The van der Waals surface area contributed by atoms with E-state index in [0.717, 1.165) is 12.8 Å². The topological polar surface area (TPSA) is 52.7 Å². The quantitative estimate of drug-likeness (QED) is 0.842. The van der Waals surface area contributed by atoms with Crippen molar-refractivity contribution in [3.05, 3.63) is 0 Å². The lowest BCUT2D eigenvalue weighted by Gasteiger charge is -2.37. The number of nitrogens with zero attached hydrogens (tertiary/aromatic N) is 2. The van der Waals surface area contributed by atoms with Crippen molar-refractivity contribution in [2.45, 2.75) is 32.1 Å². The van der Waals surface area contributed by atoms with E-state index in [0.29, 0.717) is 38.6 Å². The van der Waals surface area contributed by atoms with Gasteiger partial charge in [-0.2, -0.15) is 0 Å². The molecule has 1 saturated heterocycles. The van der Waals surface area contributed by atoms with E-state index in [2.05, 4.69) is 5.32 Å². The van der Waals surface area contributed by atoms with Crippen LogP contribution in [0.2, 0.25) is 0 Å². The molecule has 2 rings (SSSR count). The summed E-state index contributed by atoms with van der Waals surface area (Å²) < 4.78 is 0. The Kier molecular flexibility index (Phi) is 7.30. The molecule has 1 saturated carbocycles. The van der Waals surface area contributed by atoms with Crippen molar-refractivity contribution in [2.75, 3.05) is 39.8 Å². The molecule has 0 radical (unpaired) electrons. The number of nitrogens with one attached hydrogen (secondary N) is 1. The first-order valence-electron chi connectivity index (χ1n) is 7.43. The molecule has 5 nitrogen and oxygen atoms in total. The normalized spacial score (nSPS) is 20.4. The van der Waals surface area contributed by atoms with Crippen LogP contribution in [-0.4, -0.2) is 61.4 Å². The molecule has 0 aromatic carbocycles. The van der Waals surface area contributed by atoms with E-state index in [4.69, 9.17) is 0 Å². The minimum Gasteiger partial charge on any atom is -0.339 e. The molecule has 0 aromatic heterocycles. The van der Waals surface area contributed by atoms with Gasteiger partial charge in [0.2, 0.25) is 11.8 Å². The van der Waals surface area contributed by atoms with Gasteiger partial charge in [-0.3, -0.25) is 9.59 Å². The highest BCUT2D eigenvalue weighted by atomic mass is 35.5. The van der Waals surface area contributed by atoms with Crippen LogP contribution in [0, 0.1) is 5.92 Å². The third kappa shape index (κ3) is 4.35. The van der Waals surface area contributed by atoms with Crippen molar-refractivity contribution in [1.29, 1.82) is 0 Å². The number of piperazine rings is 1. The zero-order valence-corrected chi connectivity index (χ0v) is 13.1. The lowest BCUT2D eigenvalue weighted by atomic mass is 9.88. The highest BCUT2D eigenvalue weighted by Crippen LogP contribution is 2.25. The Labute approximate surface area is 127 Å². The van der Waals surface area contributed by atoms with Crippen molar-refractivity contribution in [2.24, 2.45) is 5.92 Å². The molecule has 116 valence electrons. The Hall–Kier alpha value is -0.810. The van der Waals surface area contributed by atoms with Gasteiger partial charge in [0.25, 0.3) is 0 Å². The fourth-order valence-electron chi connectivity index (χ4n) is 3.05. The van der Waals surface area contributed by atoms with E-state index in [1.54, 1.807) is 7.05 Å². The van der Waals surface area contributed by atoms with Crippen LogP contribution in [0.5, 0.6) is 0 Å². The number of rotatable bonds is 3. The van der Waals surface area contributed by atoms with Crippen LogP contribution in [0.4, 0.5) is 0 Å². The number of hydrogen-bond acceptors (Lipinski definition) is 3. The van der Waals surface area contributed by atoms with E-state index in [-0.39, 0.29) is 24.2 Å². The van der Waals surface area contributed by atoms with Crippen molar-refractivity contribution in [1.82, 2.24) is 15.1 Å². The third-order valence-electron chi connectivity index (χ3n) is 4.23. The minimum absolute atomic E-state index is 0. The standard InChI is InChI=1S/C14H25N3O2.ClH/c1-15-11-13(18)16-7-9-17(10-8-16)14(19)12-5-3-2-4-6-12;/h12,15H,2-11H2,1H3;1H.